The third-order valence-corrected chi connectivity index (χ3v) is 9.00. The molecule has 42 heavy (non-hydrogen) atoms. The van der Waals surface area contributed by atoms with E-state index in [0.29, 0.717) is 24.1 Å². The van der Waals surface area contributed by atoms with Crippen LogP contribution in [0.15, 0.2) is 42.5 Å². The number of hydrogen-bond acceptors (Lipinski definition) is 5. The summed E-state index contributed by atoms with van der Waals surface area (Å²) in [4.78, 5) is 26.1. The zero-order chi connectivity index (χ0) is 29.4. The van der Waals surface area contributed by atoms with Crippen molar-refractivity contribution in [3.05, 3.63) is 82.4 Å². The Balaban J connectivity index is 1.38. The predicted octanol–water partition coefficient (Wildman–Crippen LogP) is 6.41. The molecule has 3 aliphatic rings. The highest BCUT2D eigenvalue weighted by Gasteiger charge is 2.51. The Morgan fingerprint density at radius 2 is 1.83 bits per heavy atom. The molecule has 1 N–H and O–H groups in total. The molecule has 1 heterocycles. The molecule has 2 fully saturated rings. The van der Waals surface area contributed by atoms with Crippen LogP contribution in [-0.2, 0) is 22.3 Å². The van der Waals surface area contributed by atoms with Gasteiger partial charge in [0, 0.05) is 17.5 Å². The first-order valence-electron chi connectivity index (χ1n) is 14.8. The molecular weight excluding hydrogens is 547 g/mol. The number of benzene rings is 2. The topological polar surface area (TPSA) is 82.4 Å². The number of rotatable bonds is 7. The molecule has 1 amide bonds. The van der Waals surface area contributed by atoms with E-state index in [2.05, 4.69) is 10.4 Å². The molecule has 2 saturated carbocycles. The summed E-state index contributed by atoms with van der Waals surface area (Å²) in [5.41, 5.74) is 2.40. The Kier molecular flexibility index (Phi) is 7.96. The van der Waals surface area contributed by atoms with E-state index in [-0.39, 0.29) is 41.6 Å². The van der Waals surface area contributed by atoms with Gasteiger partial charge in [-0.1, -0.05) is 18.6 Å². The van der Waals surface area contributed by atoms with E-state index in [4.69, 9.17) is 9.47 Å². The lowest BCUT2D eigenvalue weighted by Crippen LogP contribution is -2.49. The molecule has 3 aromatic rings. The maximum atomic E-state index is 15.2. The van der Waals surface area contributed by atoms with E-state index in [0.717, 1.165) is 56.2 Å². The maximum absolute atomic E-state index is 15.2. The Morgan fingerprint density at radius 3 is 2.62 bits per heavy atom. The molecule has 10 heteroatoms. The van der Waals surface area contributed by atoms with Crippen molar-refractivity contribution in [2.75, 3.05) is 6.61 Å². The van der Waals surface area contributed by atoms with Gasteiger partial charge in [-0.2, -0.15) is 5.10 Å². The van der Waals surface area contributed by atoms with Crippen LogP contribution in [0.1, 0.15) is 78.7 Å². The number of fused-ring (bicyclic) bond motifs is 3. The number of nitrogens with zero attached hydrogens (tertiary/aromatic N) is 2. The maximum Gasteiger partial charge on any atom is 0.508 e. The van der Waals surface area contributed by atoms with Crippen LogP contribution < -0.4 is 5.32 Å². The van der Waals surface area contributed by atoms with Gasteiger partial charge in [0.15, 0.2) is 11.5 Å². The molecule has 5 atom stereocenters. The molecule has 222 valence electrons. The van der Waals surface area contributed by atoms with Gasteiger partial charge < -0.3 is 14.8 Å². The lowest BCUT2D eigenvalue weighted by molar-refractivity contribution is -0.00578. The summed E-state index contributed by atoms with van der Waals surface area (Å²) in [6, 6.07) is 9.26. The number of carbonyl (C=O) groups is 2. The Labute approximate surface area is 242 Å². The average Bonchev–Trinajstić information content (AvgIpc) is 3.61. The molecule has 7 nitrogen and oxygen atoms in total. The van der Waals surface area contributed by atoms with E-state index < -0.39 is 35.8 Å². The van der Waals surface area contributed by atoms with Crippen LogP contribution in [-0.4, -0.2) is 40.6 Å². The SMILES string of the molecule is CCOC(=O)O[C@@H]1C2CCC(C2)[C@@H]1NC(=O)c1nn(-c2ccc(F)cc2F)c2c1CCCCC2Cc1cccc(F)c1. The standard InChI is InChI=1S/C32H34F3N3O4/c1-2-41-32(40)42-30-21-11-10-19(16-21)27(30)36-31(39)28-24-9-4-3-7-20(14-18-6-5-8-22(33)15-18)29(24)38(37-28)26-13-12-23(34)17-25(26)35/h5-6,8,12-13,15,17,19-21,27,30H,2-4,7,9-11,14,16H2,1H3,(H,36,39)/t19?,20?,21?,27-,30+/m0/s1. The molecule has 2 bridgehead atoms. The average molecular weight is 582 g/mol. The van der Waals surface area contributed by atoms with Gasteiger partial charge >= 0.3 is 6.16 Å². The van der Waals surface area contributed by atoms with Crippen LogP contribution in [0.4, 0.5) is 18.0 Å². The number of carbonyl (C=O) groups excluding carboxylic acids is 2. The number of hydrogen-bond donors (Lipinski definition) is 1. The van der Waals surface area contributed by atoms with Gasteiger partial charge in [0.05, 0.1) is 18.3 Å². The summed E-state index contributed by atoms with van der Waals surface area (Å²) in [6.07, 6.45) is 4.86. The van der Waals surface area contributed by atoms with E-state index in [1.54, 1.807) is 13.0 Å². The van der Waals surface area contributed by atoms with E-state index in [1.165, 1.54) is 22.9 Å². The second-order valence-electron chi connectivity index (χ2n) is 11.6. The summed E-state index contributed by atoms with van der Waals surface area (Å²) >= 11 is 0. The first-order chi connectivity index (χ1) is 20.3. The summed E-state index contributed by atoms with van der Waals surface area (Å²) in [7, 11) is 0. The van der Waals surface area contributed by atoms with Crippen LogP contribution in [0.2, 0.25) is 0 Å². The quantitative estimate of drug-likeness (QED) is 0.258. The zero-order valence-corrected chi connectivity index (χ0v) is 23.5. The molecule has 0 radical (unpaired) electrons. The van der Waals surface area contributed by atoms with Gasteiger partial charge in [0.25, 0.3) is 5.91 Å². The minimum absolute atomic E-state index is 0.0429. The van der Waals surface area contributed by atoms with Gasteiger partial charge in [-0.15, -0.1) is 0 Å². The van der Waals surface area contributed by atoms with Crippen molar-refractivity contribution >= 4 is 12.1 Å². The largest absolute Gasteiger partial charge is 0.508 e. The Morgan fingerprint density at radius 1 is 1.02 bits per heavy atom. The molecule has 0 aliphatic heterocycles. The molecule has 3 aliphatic carbocycles. The molecule has 0 spiro atoms. The molecule has 1 aromatic heterocycles. The number of halogens is 3. The van der Waals surface area contributed by atoms with Crippen molar-refractivity contribution in [2.45, 2.75) is 76.4 Å². The fraction of sp³-hybridized carbons (Fsp3) is 0.469. The fourth-order valence-corrected chi connectivity index (χ4v) is 7.22. The van der Waals surface area contributed by atoms with Gasteiger partial charge in [0.2, 0.25) is 0 Å². The second-order valence-corrected chi connectivity index (χ2v) is 11.6. The van der Waals surface area contributed by atoms with E-state index >= 15 is 4.39 Å². The van der Waals surface area contributed by atoms with Crippen LogP contribution in [0.5, 0.6) is 0 Å². The highest BCUT2D eigenvalue weighted by molar-refractivity contribution is 5.94. The first-order valence-corrected chi connectivity index (χ1v) is 14.8. The summed E-state index contributed by atoms with van der Waals surface area (Å²) in [5, 5.41) is 7.76. The van der Waals surface area contributed by atoms with Crippen LogP contribution in [0, 0.1) is 29.3 Å². The number of aromatic nitrogens is 2. The summed E-state index contributed by atoms with van der Waals surface area (Å²) in [5.74, 6) is -2.15. The van der Waals surface area contributed by atoms with E-state index in [1.807, 2.05) is 6.07 Å². The molecule has 0 saturated heterocycles. The van der Waals surface area contributed by atoms with Crippen molar-refractivity contribution in [3.63, 3.8) is 0 Å². The summed E-state index contributed by atoms with van der Waals surface area (Å²) < 4.78 is 55.2. The zero-order valence-electron chi connectivity index (χ0n) is 23.5. The van der Waals surface area contributed by atoms with Crippen molar-refractivity contribution in [1.82, 2.24) is 15.1 Å². The Bertz CT molecular complexity index is 1490. The van der Waals surface area contributed by atoms with Crippen molar-refractivity contribution in [2.24, 2.45) is 11.8 Å². The number of amides is 1. The molecule has 6 rings (SSSR count). The van der Waals surface area contributed by atoms with Crippen LogP contribution in [0.25, 0.3) is 5.69 Å². The van der Waals surface area contributed by atoms with Crippen molar-refractivity contribution in [1.29, 1.82) is 0 Å². The van der Waals surface area contributed by atoms with E-state index in [9.17, 15) is 18.4 Å². The monoisotopic (exact) mass is 581 g/mol. The molecule has 2 aromatic carbocycles. The first kappa shape index (κ1) is 28.3. The van der Waals surface area contributed by atoms with Crippen molar-refractivity contribution in [3.8, 4) is 5.69 Å². The Hall–Kier alpha value is -3.82. The predicted molar refractivity (Wildman–Crippen MR) is 148 cm³/mol. The minimum Gasteiger partial charge on any atom is -0.435 e. The highest BCUT2D eigenvalue weighted by Crippen LogP contribution is 2.46. The van der Waals surface area contributed by atoms with Gasteiger partial charge in [0.1, 0.15) is 23.4 Å². The number of ether oxygens (including phenoxy) is 2. The smallest absolute Gasteiger partial charge is 0.435 e. The normalized spacial score (nSPS) is 24.6. The van der Waals surface area contributed by atoms with Gasteiger partial charge in [-0.3, -0.25) is 4.79 Å². The fourth-order valence-electron chi connectivity index (χ4n) is 7.22. The minimum atomic E-state index is -0.794. The third-order valence-electron chi connectivity index (χ3n) is 9.00. The molecule has 3 unspecified atom stereocenters. The van der Waals surface area contributed by atoms with Crippen molar-refractivity contribution < 1.29 is 32.2 Å². The summed E-state index contributed by atoms with van der Waals surface area (Å²) in [6.45, 7) is 1.89. The van der Waals surface area contributed by atoms with Crippen LogP contribution >= 0.6 is 0 Å². The highest BCUT2D eigenvalue weighted by atomic mass is 19.1. The lowest BCUT2D eigenvalue weighted by atomic mass is 9.90. The second kappa shape index (κ2) is 11.8. The number of nitrogens with one attached hydrogen (secondary N) is 1. The van der Waals surface area contributed by atoms with Gasteiger partial charge in [-0.05, 0) is 93.5 Å². The lowest BCUT2D eigenvalue weighted by Gasteiger charge is -2.30. The third kappa shape index (κ3) is 5.51. The molecular formula is C32H34F3N3O4. The van der Waals surface area contributed by atoms with Crippen LogP contribution in [0.3, 0.4) is 0 Å². The van der Waals surface area contributed by atoms with Gasteiger partial charge in [-0.25, -0.2) is 22.6 Å².